The highest BCUT2D eigenvalue weighted by molar-refractivity contribution is 7.09. The minimum Gasteiger partial charge on any atom is -0.301 e. The molecule has 100 valence electrons. The molecule has 1 aliphatic rings. The molecule has 1 aromatic heterocycles. The van der Waals surface area contributed by atoms with Gasteiger partial charge in [0, 0.05) is 30.3 Å². The van der Waals surface area contributed by atoms with E-state index < -0.39 is 0 Å². The number of ketones is 1. The molecule has 0 N–H and O–H groups in total. The summed E-state index contributed by atoms with van der Waals surface area (Å²) < 4.78 is 0. The smallest absolute Gasteiger partial charge is 0.137 e. The second kappa shape index (κ2) is 5.54. The third-order valence-corrected chi connectivity index (χ3v) is 4.70. The molecule has 0 saturated heterocycles. The van der Waals surface area contributed by atoms with E-state index in [1.54, 1.807) is 11.3 Å². The Labute approximate surface area is 114 Å². The van der Waals surface area contributed by atoms with Crippen LogP contribution in [-0.4, -0.2) is 24.3 Å². The van der Waals surface area contributed by atoms with Gasteiger partial charge >= 0.3 is 0 Å². The van der Waals surface area contributed by atoms with Crippen LogP contribution in [0.4, 0.5) is 0 Å². The summed E-state index contributed by atoms with van der Waals surface area (Å²) in [6.07, 6.45) is 2.86. The van der Waals surface area contributed by atoms with Gasteiger partial charge in [-0.3, -0.25) is 4.79 Å². The maximum atomic E-state index is 12.0. The number of hydrogen-bond acceptors (Lipinski definition) is 3. The van der Waals surface area contributed by atoms with Crippen molar-refractivity contribution in [1.29, 1.82) is 0 Å². The number of carbonyl (C=O) groups excluding carboxylic acids is 1. The first-order valence-electron chi connectivity index (χ1n) is 6.70. The molecule has 0 aromatic carbocycles. The minimum absolute atomic E-state index is 0.235. The van der Waals surface area contributed by atoms with E-state index in [4.69, 9.17) is 0 Å². The molecule has 0 radical (unpaired) electrons. The van der Waals surface area contributed by atoms with Gasteiger partial charge in [0.1, 0.15) is 5.78 Å². The number of carbonyl (C=O) groups is 1. The van der Waals surface area contributed by atoms with Crippen molar-refractivity contribution in [2.45, 2.75) is 39.7 Å². The number of rotatable bonds is 4. The third-order valence-electron chi connectivity index (χ3n) is 3.84. The van der Waals surface area contributed by atoms with Gasteiger partial charge in [0.05, 0.1) is 0 Å². The summed E-state index contributed by atoms with van der Waals surface area (Å²) in [5.41, 5.74) is 0.336. The third kappa shape index (κ3) is 3.66. The van der Waals surface area contributed by atoms with E-state index in [0.717, 1.165) is 32.4 Å². The Balaban J connectivity index is 1.89. The molecule has 2 nitrogen and oxygen atoms in total. The van der Waals surface area contributed by atoms with Crippen molar-refractivity contribution < 1.29 is 4.79 Å². The van der Waals surface area contributed by atoms with E-state index in [1.807, 2.05) is 0 Å². The highest BCUT2D eigenvalue weighted by atomic mass is 32.1. The maximum Gasteiger partial charge on any atom is 0.137 e. The Morgan fingerprint density at radius 2 is 2.28 bits per heavy atom. The Kier molecular flexibility index (Phi) is 4.23. The topological polar surface area (TPSA) is 20.3 Å². The van der Waals surface area contributed by atoms with Crippen LogP contribution >= 0.6 is 11.3 Å². The van der Waals surface area contributed by atoms with Gasteiger partial charge in [0.25, 0.3) is 0 Å². The maximum absolute atomic E-state index is 12.0. The van der Waals surface area contributed by atoms with E-state index in [9.17, 15) is 4.79 Å². The van der Waals surface area contributed by atoms with E-state index in [1.165, 1.54) is 4.88 Å². The summed E-state index contributed by atoms with van der Waals surface area (Å²) in [4.78, 5) is 15.7. The Bertz CT molecular complexity index is 397. The van der Waals surface area contributed by atoms with Gasteiger partial charge < -0.3 is 4.90 Å². The van der Waals surface area contributed by atoms with Gasteiger partial charge in [-0.25, -0.2) is 0 Å². The Hall–Kier alpha value is -0.670. The summed E-state index contributed by atoms with van der Waals surface area (Å²) in [5, 5.41) is 2.11. The van der Waals surface area contributed by atoms with E-state index in [-0.39, 0.29) is 5.92 Å². The molecule has 1 atom stereocenters. The van der Waals surface area contributed by atoms with Gasteiger partial charge in [-0.15, -0.1) is 11.3 Å². The lowest BCUT2D eigenvalue weighted by Gasteiger charge is -2.35. The number of hydrogen-bond donors (Lipinski definition) is 0. The summed E-state index contributed by atoms with van der Waals surface area (Å²) in [5.74, 6) is 0.700. The van der Waals surface area contributed by atoms with Crippen LogP contribution in [0.3, 0.4) is 0 Å². The fraction of sp³-hybridized carbons (Fsp3) is 0.667. The predicted octanol–water partition coefficient (Wildman–Crippen LogP) is 3.58. The highest BCUT2D eigenvalue weighted by Crippen LogP contribution is 2.37. The fourth-order valence-electron chi connectivity index (χ4n) is 2.82. The fourth-order valence-corrected chi connectivity index (χ4v) is 3.61. The van der Waals surface area contributed by atoms with E-state index in [2.05, 4.69) is 43.3 Å². The average Bonchev–Trinajstić information content (AvgIpc) is 2.76. The molecule has 1 fully saturated rings. The van der Waals surface area contributed by atoms with Crippen LogP contribution in [0.25, 0.3) is 0 Å². The Morgan fingerprint density at radius 1 is 1.50 bits per heavy atom. The molecule has 1 saturated carbocycles. The molecule has 2 rings (SSSR count). The molecular formula is C15H23NOS. The summed E-state index contributed by atoms with van der Waals surface area (Å²) in [6.45, 7) is 6.43. The van der Waals surface area contributed by atoms with Crippen LogP contribution in [0.5, 0.6) is 0 Å². The van der Waals surface area contributed by atoms with Crippen molar-refractivity contribution in [2.75, 3.05) is 13.6 Å². The molecule has 18 heavy (non-hydrogen) atoms. The molecule has 1 heterocycles. The summed E-state index contributed by atoms with van der Waals surface area (Å²) in [6, 6.07) is 4.25. The zero-order valence-electron chi connectivity index (χ0n) is 11.6. The second-order valence-corrected chi connectivity index (χ2v) is 7.34. The summed E-state index contributed by atoms with van der Waals surface area (Å²) >= 11 is 1.79. The van der Waals surface area contributed by atoms with Crippen LogP contribution < -0.4 is 0 Å². The van der Waals surface area contributed by atoms with Crippen LogP contribution in [0.1, 0.15) is 38.0 Å². The molecule has 3 heteroatoms. The molecule has 0 aliphatic heterocycles. The number of Topliss-reactive ketones (excluding diaryl/α,β-unsaturated/α-hetero) is 1. The molecule has 1 aliphatic carbocycles. The average molecular weight is 265 g/mol. The minimum atomic E-state index is 0.235. The molecule has 0 spiro atoms. The van der Waals surface area contributed by atoms with Crippen LogP contribution in [0.15, 0.2) is 17.5 Å². The van der Waals surface area contributed by atoms with Crippen molar-refractivity contribution in [3.63, 3.8) is 0 Å². The molecular weight excluding hydrogens is 242 g/mol. The van der Waals surface area contributed by atoms with Crippen LogP contribution in [0, 0.1) is 11.3 Å². The van der Waals surface area contributed by atoms with Crippen LogP contribution in [0.2, 0.25) is 0 Å². The normalized spacial score (nSPS) is 23.6. The first-order chi connectivity index (χ1) is 8.46. The molecule has 1 unspecified atom stereocenters. The first-order valence-corrected chi connectivity index (χ1v) is 7.58. The van der Waals surface area contributed by atoms with E-state index >= 15 is 0 Å². The van der Waals surface area contributed by atoms with Gasteiger partial charge in [0.15, 0.2) is 0 Å². The van der Waals surface area contributed by atoms with Gasteiger partial charge in [0.2, 0.25) is 0 Å². The van der Waals surface area contributed by atoms with Gasteiger partial charge in [-0.05, 0) is 36.8 Å². The molecule has 1 aromatic rings. The highest BCUT2D eigenvalue weighted by Gasteiger charge is 2.33. The standard InChI is InChI=1S/C15H23NOS/c1-15(2)7-6-14(17)12(9-15)10-16(3)11-13-5-4-8-18-13/h4-5,8,12H,6-7,9-11H2,1-3H3. The molecule has 0 amide bonds. The predicted molar refractivity (Wildman–Crippen MR) is 76.8 cm³/mol. The quantitative estimate of drug-likeness (QED) is 0.829. The van der Waals surface area contributed by atoms with Crippen molar-refractivity contribution in [3.05, 3.63) is 22.4 Å². The summed E-state index contributed by atoms with van der Waals surface area (Å²) in [7, 11) is 2.12. The van der Waals surface area contributed by atoms with E-state index in [0.29, 0.717) is 11.2 Å². The lowest BCUT2D eigenvalue weighted by Crippen LogP contribution is -2.37. The van der Waals surface area contributed by atoms with Crippen LogP contribution in [-0.2, 0) is 11.3 Å². The lowest BCUT2D eigenvalue weighted by atomic mass is 9.71. The van der Waals surface area contributed by atoms with Crippen molar-refractivity contribution >= 4 is 17.1 Å². The monoisotopic (exact) mass is 265 g/mol. The Morgan fingerprint density at radius 3 is 2.94 bits per heavy atom. The second-order valence-electron chi connectivity index (χ2n) is 6.31. The number of thiophene rings is 1. The zero-order chi connectivity index (χ0) is 13.2. The SMILES string of the molecule is CN(Cc1cccs1)CC1CC(C)(C)CCC1=O. The number of nitrogens with zero attached hydrogens (tertiary/aromatic N) is 1. The lowest BCUT2D eigenvalue weighted by molar-refractivity contribution is -0.127. The molecule has 0 bridgehead atoms. The zero-order valence-corrected chi connectivity index (χ0v) is 12.4. The largest absolute Gasteiger partial charge is 0.301 e. The van der Waals surface area contributed by atoms with Crippen molar-refractivity contribution in [3.8, 4) is 0 Å². The van der Waals surface area contributed by atoms with Gasteiger partial charge in [-0.2, -0.15) is 0 Å². The van der Waals surface area contributed by atoms with Crippen molar-refractivity contribution in [1.82, 2.24) is 4.90 Å². The first kappa shape index (κ1) is 13.8. The van der Waals surface area contributed by atoms with Crippen molar-refractivity contribution in [2.24, 2.45) is 11.3 Å². The van der Waals surface area contributed by atoms with Gasteiger partial charge in [-0.1, -0.05) is 19.9 Å².